The fourth-order valence-electron chi connectivity index (χ4n) is 1.19. The quantitative estimate of drug-likeness (QED) is 0.615. The highest BCUT2D eigenvalue weighted by atomic mass is 16.6. The fraction of sp³-hybridized carbons (Fsp3) is 0.545. The van der Waals surface area contributed by atoms with Gasteiger partial charge in [0.15, 0.2) is 0 Å². The largest absolute Gasteiger partial charge is 0.386 e. The first kappa shape index (κ1) is 12.4. The molecule has 5 nitrogen and oxygen atoms in total. The van der Waals surface area contributed by atoms with E-state index in [1.807, 2.05) is 0 Å². The van der Waals surface area contributed by atoms with Gasteiger partial charge in [-0.2, -0.15) is 0 Å². The van der Waals surface area contributed by atoms with E-state index in [0.717, 1.165) is 0 Å². The monoisotopic (exact) mass is 223 g/mol. The van der Waals surface area contributed by atoms with E-state index in [2.05, 4.69) is 31.1 Å². The zero-order chi connectivity index (χ0) is 12.1. The molecular weight excluding hydrogens is 206 g/mol. The predicted molar refractivity (Wildman–Crippen MR) is 63.4 cm³/mol. The number of hydrogen-bond acceptors (Lipinski definition) is 4. The van der Waals surface area contributed by atoms with Gasteiger partial charge in [0.1, 0.15) is 11.9 Å². The third kappa shape index (κ3) is 3.18. The first-order valence-corrected chi connectivity index (χ1v) is 5.35. The molecule has 1 aromatic heterocycles. The van der Waals surface area contributed by atoms with Crippen LogP contribution in [-0.2, 0) is 0 Å². The Morgan fingerprint density at radius 1 is 1.50 bits per heavy atom. The summed E-state index contributed by atoms with van der Waals surface area (Å²) >= 11 is 0. The average Bonchev–Trinajstić information content (AvgIpc) is 2.25. The maximum Gasteiger partial charge on any atom is 0.386 e. The zero-order valence-electron chi connectivity index (χ0n) is 9.80. The lowest BCUT2D eigenvalue weighted by Crippen LogP contribution is -2.17. The number of aromatic nitrogens is 1. The van der Waals surface area contributed by atoms with Crippen molar-refractivity contribution >= 4 is 11.5 Å². The summed E-state index contributed by atoms with van der Waals surface area (Å²) in [4.78, 5) is 14.0. The van der Waals surface area contributed by atoms with Crippen LogP contribution in [-0.4, -0.2) is 16.5 Å². The molecule has 0 fully saturated rings. The highest BCUT2D eigenvalue weighted by molar-refractivity contribution is 5.56. The number of anilines is 1. The van der Waals surface area contributed by atoms with Crippen LogP contribution in [0.4, 0.5) is 11.5 Å². The number of nitrogens with one attached hydrogen (secondary N) is 1. The lowest BCUT2D eigenvalue weighted by atomic mass is 9.98. The normalized spacial score (nSPS) is 12.5. The highest BCUT2D eigenvalue weighted by Crippen LogP contribution is 2.21. The third-order valence-electron chi connectivity index (χ3n) is 2.71. The minimum Gasteiger partial charge on any atom is -0.378 e. The summed E-state index contributed by atoms with van der Waals surface area (Å²) in [5.74, 6) is 0.890. The van der Waals surface area contributed by atoms with E-state index in [1.165, 1.54) is 6.20 Å². The van der Waals surface area contributed by atoms with Crippen molar-refractivity contribution in [1.29, 1.82) is 0 Å². The van der Waals surface area contributed by atoms with Gasteiger partial charge < -0.3 is 15.4 Å². The Morgan fingerprint density at radius 2 is 2.19 bits per heavy atom. The summed E-state index contributed by atoms with van der Waals surface area (Å²) in [5.41, 5.74) is 0.486. The highest BCUT2D eigenvalue weighted by Gasteiger charge is 2.15. The van der Waals surface area contributed by atoms with E-state index in [-0.39, 0.29) is 5.82 Å². The zero-order valence-corrected chi connectivity index (χ0v) is 9.80. The molecule has 1 unspecified atom stereocenters. The van der Waals surface area contributed by atoms with Crippen molar-refractivity contribution in [1.82, 2.24) is 4.98 Å². The topological polar surface area (TPSA) is 68.1 Å². The van der Waals surface area contributed by atoms with Crippen LogP contribution in [0.5, 0.6) is 0 Å². The molecule has 5 heteroatoms. The Hall–Kier alpha value is -1.65. The summed E-state index contributed by atoms with van der Waals surface area (Å²) in [5, 5.41) is 13.8. The van der Waals surface area contributed by atoms with Crippen molar-refractivity contribution in [2.75, 3.05) is 11.9 Å². The second kappa shape index (κ2) is 5.44. The smallest absolute Gasteiger partial charge is 0.378 e. The molecule has 0 bridgehead atoms. The first-order chi connectivity index (χ1) is 7.52. The number of hydrogen-bond donors (Lipinski definition) is 1. The minimum atomic E-state index is -0.470. The molecule has 0 aromatic carbocycles. The van der Waals surface area contributed by atoms with Gasteiger partial charge in [0.25, 0.3) is 0 Å². The van der Waals surface area contributed by atoms with Crippen molar-refractivity contribution in [3.05, 3.63) is 28.4 Å². The molecule has 0 amide bonds. The van der Waals surface area contributed by atoms with Gasteiger partial charge in [-0.05, 0) is 33.9 Å². The maximum absolute atomic E-state index is 10.7. The lowest BCUT2D eigenvalue weighted by molar-refractivity contribution is -0.388. The predicted octanol–water partition coefficient (Wildman–Crippen LogP) is 2.69. The van der Waals surface area contributed by atoms with Crippen LogP contribution in [0.3, 0.4) is 0 Å². The van der Waals surface area contributed by atoms with Crippen molar-refractivity contribution in [3.63, 3.8) is 0 Å². The summed E-state index contributed by atoms with van der Waals surface area (Å²) in [6, 6.07) is 3.37. The summed E-state index contributed by atoms with van der Waals surface area (Å²) in [6.07, 6.45) is 1.43. The van der Waals surface area contributed by atoms with Crippen molar-refractivity contribution < 1.29 is 4.92 Å². The van der Waals surface area contributed by atoms with E-state index in [9.17, 15) is 10.1 Å². The average molecular weight is 223 g/mol. The molecule has 1 atom stereocenters. The van der Waals surface area contributed by atoms with E-state index < -0.39 is 4.92 Å². The molecule has 1 aromatic rings. The Balaban J connectivity index is 2.70. The Bertz CT molecular complexity index is 366. The van der Waals surface area contributed by atoms with Crippen LogP contribution in [0.15, 0.2) is 18.3 Å². The van der Waals surface area contributed by atoms with Gasteiger partial charge in [-0.1, -0.05) is 20.8 Å². The SMILES string of the molecule is CC(C)C(C)CNc1cccnc1[N+](=O)[O-]. The molecule has 0 aliphatic carbocycles. The molecule has 0 saturated heterocycles. The third-order valence-corrected chi connectivity index (χ3v) is 2.71. The molecule has 1 heterocycles. The number of pyridine rings is 1. The van der Waals surface area contributed by atoms with Gasteiger partial charge in [-0.3, -0.25) is 0 Å². The Labute approximate surface area is 95.0 Å². The number of nitrogens with zero attached hydrogens (tertiary/aromatic N) is 2. The molecule has 88 valence electrons. The minimum absolute atomic E-state index is 0.113. The van der Waals surface area contributed by atoms with Crippen LogP contribution in [0.1, 0.15) is 20.8 Å². The van der Waals surface area contributed by atoms with Crippen LogP contribution >= 0.6 is 0 Å². The van der Waals surface area contributed by atoms with Crippen molar-refractivity contribution in [2.24, 2.45) is 11.8 Å². The van der Waals surface area contributed by atoms with Crippen LogP contribution in [0.25, 0.3) is 0 Å². The summed E-state index contributed by atoms with van der Waals surface area (Å²) in [7, 11) is 0. The lowest BCUT2D eigenvalue weighted by Gasteiger charge is -2.16. The molecule has 0 saturated carbocycles. The van der Waals surface area contributed by atoms with Crippen LogP contribution < -0.4 is 5.32 Å². The van der Waals surface area contributed by atoms with E-state index in [4.69, 9.17) is 0 Å². The molecule has 0 spiro atoms. The van der Waals surface area contributed by atoms with Gasteiger partial charge >= 0.3 is 5.82 Å². The summed E-state index contributed by atoms with van der Waals surface area (Å²) in [6.45, 7) is 7.08. The number of nitro groups is 1. The molecule has 1 rings (SSSR count). The number of rotatable bonds is 5. The van der Waals surface area contributed by atoms with E-state index >= 15 is 0 Å². The summed E-state index contributed by atoms with van der Waals surface area (Å²) < 4.78 is 0. The van der Waals surface area contributed by atoms with Gasteiger partial charge in [-0.25, -0.2) is 0 Å². The second-order valence-corrected chi connectivity index (χ2v) is 4.23. The Morgan fingerprint density at radius 3 is 2.75 bits per heavy atom. The molecule has 0 radical (unpaired) electrons. The molecule has 0 aliphatic rings. The maximum atomic E-state index is 10.7. The van der Waals surface area contributed by atoms with Crippen LogP contribution in [0.2, 0.25) is 0 Å². The standard InChI is InChI=1S/C11H17N3O2/c1-8(2)9(3)7-13-10-5-4-6-12-11(10)14(15)16/h4-6,8-9,13H,7H2,1-3H3. The van der Waals surface area contributed by atoms with Crippen LogP contribution in [0, 0.1) is 22.0 Å². The first-order valence-electron chi connectivity index (χ1n) is 5.35. The van der Waals surface area contributed by atoms with E-state index in [0.29, 0.717) is 24.1 Å². The van der Waals surface area contributed by atoms with Gasteiger partial charge in [0.05, 0.1) is 0 Å². The van der Waals surface area contributed by atoms with E-state index in [1.54, 1.807) is 12.1 Å². The molecule has 16 heavy (non-hydrogen) atoms. The van der Waals surface area contributed by atoms with Crippen molar-refractivity contribution in [2.45, 2.75) is 20.8 Å². The van der Waals surface area contributed by atoms with Crippen molar-refractivity contribution in [3.8, 4) is 0 Å². The molecule has 1 N–H and O–H groups in total. The molecule has 0 aliphatic heterocycles. The molecular formula is C11H17N3O2. The van der Waals surface area contributed by atoms with Gasteiger partial charge in [0.2, 0.25) is 0 Å². The Kier molecular flexibility index (Phi) is 4.22. The van der Waals surface area contributed by atoms with Gasteiger partial charge in [0, 0.05) is 6.54 Å². The van der Waals surface area contributed by atoms with Gasteiger partial charge in [-0.15, -0.1) is 0 Å². The fourth-order valence-corrected chi connectivity index (χ4v) is 1.19. The second-order valence-electron chi connectivity index (χ2n) is 4.23.